The summed E-state index contributed by atoms with van der Waals surface area (Å²) in [6, 6.07) is 11.0. The Labute approximate surface area is 150 Å². The van der Waals surface area contributed by atoms with Crippen molar-refractivity contribution in [3.05, 3.63) is 64.7 Å². The number of nitrogens with one attached hydrogen (secondary N) is 1. The lowest BCUT2D eigenvalue weighted by Gasteiger charge is -2.32. The van der Waals surface area contributed by atoms with Crippen molar-refractivity contribution >= 4 is 23.2 Å². The molecule has 0 bridgehead atoms. The Bertz CT molecular complexity index is 769. The van der Waals surface area contributed by atoms with Crippen LogP contribution >= 0.6 is 11.6 Å². The zero-order valence-electron chi connectivity index (χ0n) is 13.6. The number of rotatable bonds is 4. The quantitative estimate of drug-likeness (QED) is 0.868. The highest BCUT2D eigenvalue weighted by Gasteiger charge is 2.26. The first-order chi connectivity index (χ1) is 12.0. The van der Waals surface area contributed by atoms with E-state index in [1.54, 1.807) is 0 Å². The minimum Gasteiger partial charge on any atom is -0.326 e. The lowest BCUT2D eigenvalue weighted by Crippen LogP contribution is -2.40. The molecule has 132 valence electrons. The number of carbonyl (C=O) groups excluding carboxylic acids is 1. The fourth-order valence-corrected chi connectivity index (χ4v) is 3.29. The Morgan fingerprint density at radius 3 is 2.76 bits per heavy atom. The van der Waals surface area contributed by atoms with Gasteiger partial charge in [-0.05, 0) is 43.1 Å². The van der Waals surface area contributed by atoms with Gasteiger partial charge in [-0.3, -0.25) is 9.69 Å². The highest BCUT2D eigenvalue weighted by molar-refractivity contribution is 6.31. The summed E-state index contributed by atoms with van der Waals surface area (Å²) in [7, 11) is 0. The lowest BCUT2D eigenvalue weighted by molar-refractivity contribution is -0.121. The van der Waals surface area contributed by atoms with E-state index in [0.29, 0.717) is 13.1 Å². The summed E-state index contributed by atoms with van der Waals surface area (Å²) in [5.74, 6) is -2.26. The number of amides is 1. The molecule has 1 amide bonds. The van der Waals surface area contributed by atoms with E-state index in [2.05, 4.69) is 10.2 Å². The van der Waals surface area contributed by atoms with Crippen LogP contribution in [0.25, 0.3) is 0 Å². The molecule has 3 rings (SSSR count). The van der Waals surface area contributed by atoms with E-state index >= 15 is 0 Å². The van der Waals surface area contributed by atoms with Gasteiger partial charge in [-0.15, -0.1) is 0 Å². The van der Waals surface area contributed by atoms with Crippen molar-refractivity contribution in [2.75, 3.05) is 18.4 Å². The van der Waals surface area contributed by atoms with Gasteiger partial charge in [0.15, 0.2) is 11.6 Å². The first-order valence-corrected chi connectivity index (χ1v) is 8.62. The average Bonchev–Trinajstić information content (AvgIpc) is 2.60. The van der Waals surface area contributed by atoms with Crippen LogP contribution in [0.15, 0.2) is 42.5 Å². The van der Waals surface area contributed by atoms with Crippen molar-refractivity contribution in [1.82, 2.24) is 4.90 Å². The molecular weight excluding hydrogens is 346 g/mol. The molecule has 1 saturated heterocycles. The molecule has 1 heterocycles. The van der Waals surface area contributed by atoms with E-state index in [1.807, 2.05) is 24.3 Å². The molecule has 6 heteroatoms. The van der Waals surface area contributed by atoms with Gasteiger partial charge >= 0.3 is 0 Å². The van der Waals surface area contributed by atoms with E-state index in [1.165, 1.54) is 6.07 Å². The number of hydrogen-bond acceptors (Lipinski definition) is 2. The van der Waals surface area contributed by atoms with Crippen LogP contribution in [0.5, 0.6) is 0 Å². The summed E-state index contributed by atoms with van der Waals surface area (Å²) in [4.78, 5) is 14.6. The molecule has 1 fully saturated rings. The van der Waals surface area contributed by atoms with Crippen LogP contribution in [-0.4, -0.2) is 23.9 Å². The summed E-state index contributed by atoms with van der Waals surface area (Å²) in [6.07, 6.45) is 1.68. The monoisotopic (exact) mass is 364 g/mol. The number of likely N-dealkylation sites (tertiary alicyclic amines) is 1. The van der Waals surface area contributed by atoms with Gasteiger partial charge in [0, 0.05) is 29.9 Å². The zero-order chi connectivity index (χ0) is 17.8. The summed E-state index contributed by atoms with van der Waals surface area (Å²) in [6.45, 7) is 2.20. The summed E-state index contributed by atoms with van der Waals surface area (Å²) in [5, 5.41) is 3.40. The molecule has 25 heavy (non-hydrogen) atoms. The number of halogens is 3. The molecule has 3 nitrogen and oxygen atoms in total. The maximum absolute atomic E-state index is 13.3. The Morgan fingerprint density at radius 1 is 1.20 bits per heavy atom. The van der Waals surface area contributed by atoms with Crippen molar-refractivity contribution in [3.63, 3.8) is 0 Å². The molecule has 1 aliphatic heterocycles. The average molecular weight is 365 g/mol. The molecule has 2 aromatic carbocycles. The Kier molecular flexibility index (Phi) is 5.66. The molecule has 1 N–H and O–H groups in total. The standard InChI is InChI=1S/C19H19ClF2N2O/c20-16-6-2-1-4-13(16)11-24-9-3-5-14(12-24)19(25)23-15-7-8-17(21)18(22)10-15/h1-2,4,6-8,10,14H,3,5,9,11-12H2,(H,23,25)/t14-/m0/s1. The minimum atomic E-state index is -0.971. The molecule has 0 saturated carbocycles. The topological polar surface area (TPSA) is 32.3 Å². The first kappa shape index (κ1) is 17.8. The van der Waals surface area contributed by atoms with Gasteiger partial charge in [0.25, 0.3) is 0 Å². The van der Waals surface area contributed by atoms with Crippen LogP contribution in [0.1, 0.15) is 18.4 Å². The van der Waals surface area contributed by atoms with Crippen molar-refractivity contribution in [3.8, 4) is 0 Å². The maximum Gasteiger partial charge on any atom is 0.228 e. The third-order valence-corrected chi connectivity index (χ3v) is 4.78. The molecule has 0 aromatic heterocycles. The molecule has 1 aliphatic rings. The van der Waals surface area contributed by atoms with Crippen molar-refractivity contribution in [2.45, 2.75) is 19.4 Å². The second-order valence-electron chi connectivity index (χ2n) is 6.28. The molecule has 1 atom stereocenters. The highest BCUT2D eigenvalue weighted by Crippen LogP contribution is 2.23. The molecule has 0 radical (unpaired) electrons. The van der Waals surface area contributed by atoms with Crippen molar-refractivity contribution in [1.29, 1.82) is 0 Å². The Morgan fingerprint density at radius 2 is 2.00 bits per heavy atom. The Balaban J connectivity index is 1.61. The SMILES string of the molecule is O=C(Nc1ccc(F)c(F)c1)[C@H]1CCCN(Cc2ccccc2Cl)C1. The van der Waals surface area contributed by atoms with Gasteiger partial charge in [0.05, 0.1) is 5.92 Å². The smallest absolute Gasteiger partial charge is 0.228 e. The van der Waals surface area contributed by atoms with Gasteiger partial charge in [0.2, 0.25) is 5.91 Å². The zero-order valence-corrected chi connectivity index (χ0v) is 14.4. The Hall–Kier alpha value is -1.98. The van der Waals surface area contributed by atoms with E-state index in [0.717, 1.165) is 42.1 Å². The van der Waals surface area contributed by atoms with E-state index in [-0.39, 0.29) is 17.5 Å². The number of nitrogens with zero attached hydrogens (tertiary/aromatic N) is 1. The van der Waals surface area contributed by atoms with Gasteiger partial charge in [-0.2, -0.15) is 0 Å². The van der Waals surface area contributed by atoms with Gasteiger partial charge in [-0.1, -0.05) is 29.8 Å². The molecule has 2 aromatic rings. The third-order valence-electron chi connectivity index (χ3n) is 4.42. The minimum absolute atomic E-state index is 0.171. The van der Waals surface area contributed by atoms with E-state index in [9.17, 15) is 13.6 Å². The summed E-state index contributed by atoms with van der Waals surface area (Å²) >= 11 is 6.21. The van der Waals surface area contributed by atoms with Gasteiger partial charge < -0.3 is 5.32 Å². The van der Waals surface area contributed by atoms with Gasteiger partial charge in [0.1, 0.15) is 0 Å². The van der Waals surface area contributed by atoms with Crippen LogP contribution in [0, 0.1) is 17.6 Å². The fourth-order valence-electron chi connectivity index (χ4n) is 3.10. The van der Waals surface area contributed by atoms with Crippen LogP contribution in [0.2, 0.25) is 5.02 Å². The van der Waals surface area contributed by atoms with Crippen molar-refractivity contribution < 1.29 is 13.6 Å². The predicted molar refractivity (Wildman–Crippen MR) is 94.4 cm³/mol. The van der Waals surface area contributed by atoms with E-state index < -0.39 is 11.6 Å². The number of carbonyl (C=O) groups is 1. The van der Waals surface area contributed by atoms with Crippen LogP contribution in [0.3, 0.4) is 0 Å². The van der Waals surface area contributed by atoms with Crippen LogP contribution < -0.4 is 5.32 Å². The fraction of sp³-hybridized carbons (Fsp3) is 0.316. The third kappa shape index (κ3) is 4.55. The maximum atomic E-state index is 13.3. The first-order valence-electron chi connectivity index (χ1n) is 8.24. The second kappa shape index (κ2) is 7.93. The van der Waals surface area contributed by atoms with Crippen molar-refractivity contribution in [2.24, 2.45) is 5.92 Å². The molecule has 0 aliphatic carbocycles. The summed E-state index contributed by atoms with van der Waals surface area (Å²) < 4.78 is 26.2. The predicted octanol–water partition coefficient (Wildman–Crippen LogP) is 4.47. The van der Waals surface area contributed by atoms with Crippen LogP contribution in [-0.2, 0) is 11.3 Å². The number of piperidine rings is 1. The number of anilines is 1. The lowest BCUT2D eigenvalue weighted by atomic mass is 9.96. The largest absolute Gasteiger partial charge is 0.326 e. The number of benzene rings is 2. The van der Waals surface area contributed by atoms with Crippen LogP contribution in [0.4, 0.5) is 14.5 Å². The molecular formula is C19H19ClF2N2O. The van der Waals surface area contributed by atoms with E-state index in [4.69, 9.17) is 11.6 Å². The second-order valence-corrected chi connectivity index (χ2v) is 6.69. The summed E-state index contributed by atoms with van der Waals surface area (Å²) in [5.41, 5.74) is 1.30. The molecule has 0 spiro atoms. The number of hydrogen-bond donors (Lipinski definition) is 1. The van der Waals surface area contributed by atoms with Gasteiger partial charge in [-0.25, -0.2) is 8.78 Å². The normalized spacial score (nSPS) is 18.1. The highest BCUT2D eigenvalue weighted by atomic mass is 35.5. The molecule has 0 unspecified atom stereocenters.